The van der Waals surface area contributed by atoms with Crippen LogP contribution >= 0.6 is 0 Å². The molecule has 3 aromatic rings. The van der Waals surface area contributed by atoms with Gasteiger partial charge in [0.05, 0.1) is 30.3 Å². The summed E-state index contributed by atoms with van der Waals surface area (Å²) < 4.78 is 71.5. The third kappa shape index (κ3) is 11.8. The van der Waals surface area contributed by atoms with E-state index in [9.17, 15) is 26.3 Å². The molecule has 16 heteroatoms. The molecule has 0 fully saturated rings. The number of fused-ring (bicyclic) bond motifs is 1. The lowest BCUT2D eigenvalue weighted by atomic mass is 10.1. The monoisotopic (exact) mass is 577 g/mol. The molecule has 0 bridgehead atoms. The van der Waals surface area contributed by atoms with Crippen LogP contribution in [0.2, 0.25) is 0 Å². The van der Waals surface area contributed by atoms with E-state index >= 15 is 0 Å². The smallest absolute Gasteiger partial charge is 0.475 e. The lowest BCUT2D eigenvalue weighted by Gasteiger charge is -2.23. The number of halogens is 6. The van der Waals surface area contributed by atoms with Crippen molar-refractivity contribution in [2.24, 2.45) is 5.92 Å². The van der Waals surface area contributed by atoms with Crippen molar-refractivity contribution in [2.75, 3.05) is 13.2 Å². The maximum Gasteiger partial charge on any atom is 0.490 e. The number of aliphatic carboxylic acids is 2. The molecule has 0 aromatic carbocycles. The lowest BCUT2D eigenvalue weighted by Crippen LogP contribution is -2.30. The lowest BCUT2D eigenvalue weighted by molar-refractivity contribution is -0.193. The number of carboxylic acids is 2. The highest BCUT2D eigenvalue weighted by atomic mass is 19.4. The standard InChI is InChI=1S/C20H23N5O.2C2HF3O2/c1-3-8-21-18(5-1)13-24-11-17(12-25-20(14-24)7-10-23-25)15-26-16-19-6-2-4-9-22-19;2*3-2(4,5)1(6)7/h1-10,17H,11-16H2;2*(H,6,7). The SMILES string of the molecule is O=C(O)C(F)(F)F.O=C(O)C(F)(F)F.c1ccc(COCC2CN(Cc3ccccn3)Cc3ccnn3C2)nc1. The van der Waals surface area contributed by atoms with E-state index in [1.54, 1.807) is 6.20 Å². The first kappa shape index (κ1) is 32.2. The van der Waals surface area contributed by atoms with E-state index in [-0.39, 0.29) is 0 Å². The zero-order chi connectivity index (χ0) is 29.8. The average molecular weight is 577 g/mol. The van der Waals surface area contributed by atoms with Crippen LogP contribution in [-0.4, -0.2) is 72.3 Å². The number of hydrogen-bond acceptors (Lipinski definition) is 7. The Morgan fingerprint density at radius 3 is 1.90 bits per heavy atom. The Morgan fingerprint density at radius 2 is 1.40 bits per heavy atom. The van der Waals surface area contributed by atoms with Gasteiger partial charge in [0, 0.05) is 50.7 Å². The van der Waals surface area contributed by atoms with Gasteiger partial charge in [0.2, 0.25) is 0 Å². The van der Waals surface area contributed by atoms with E-state index in [4.69, 9.17) is 24.5 Å². The molecule has 2 N–H and O–H groups in total. The van der Waals surface area contributed by atoms with Gasteiger partial charge in [0.25, 0.3) is 0 Å². The first-order valence-corrected chi connectivity index (χ1v) is 11.5. The second-order valence-electron chi connectivity index (χ2n) is 8.30. The normalized spacial score (nSPS) is 15.4. The average Bonchev–Trinajstić information content (AvgIpc) is 3.24. The molecule has 4 heterocycles. The highest BCUT2D eigenvalue weighted by Gasteiger charge is 2.38. The highest BCUT2D eigenvalue weighted by molar-refractivity contribution is 5.73. The first-order valence-electron chi connectivity index (χ1n) is 11.5. The molecular weight excluding hydrogens is 552 g/mol. The van der Waals surface area contributed by atoms with E-state index < -0.39 is 24.3 Å². The summed E-state index contributed by atoms with van der Waals surface area (Å²) in [6.07, 6.45) is -4.63. The number of pyridine rings is 2. The minimum Gasteiger partial charge on any atom is -0.475 e. The Kier molecular flexibility index (Phi) is 12.0. The Bertz CT molecular complexity index is 1170. The van der Waals surface area contributed by atoms with Crippen molar-refractivity contribution in [3.63, 3.8) is 0 Å². The summed E-state index contributed by atoms with van der Waals surface area (Å²) in [5.74, 6) is -5.14. The summed E-state index contributed by atoms with van der Waals surface area (Å²) in [6.45, 7) is 4.79. The predicted molar refractivity (Wildman–Crippen MR) is 125 cm³/mol. The van der Waals surface area contributed by atoms with Gasteiger partial charge in [-0.2, -0.15) is 31.4 Å². The van der Waals surface area contributed by atoms with Gasteiger partial charge in [-0.25, -0.2) is 9.59 Å². The minimum absolute atomic E-state index is 0.378. The van der Waals surface area contributed by atoms with Crippen LogP contribution in [0.5, 0.6) is 0 Å². The number of ether oxygens (including phenoxy) is 1. The van der Waals surface area contributed by atoms with Crippen LogP contribution in [0.1, 0.15) is 17.1 Å². The summed E-state index contributed by atoms with van der Waals surface area (Å²) in [5.41, 5.74) is 3.30. The number of hydrogen-bond donors (Lipinski definition) is 2. The fraction of sp³-hybridized carbons (Fsp3) is 0.375. The van der Waals surface area contributed by atoms with Crippen LogP contribution in [0.4, 0.5) is 26.3 Å². The number of carboxylic acid groups (broad SMARTS) is 2. The van der Waals surface area contributed by atoms with Gasteiger partial charge in [-0.15, -0.1) is 0 Å². The molecule has 3 aromatic heterocycles. The number of nitrogens with zero attached hydrogens (tertiary/aromatic N) is 5. The summed E-state index contributed by atoms with van der Waals surface area (Å²) in [5, 5.41) is 18.7. The van der Waals surface area contributed by atoms with Gasteiger partial charge in [-0.3, -0.25) is 19.5 Å². The minimum atomic E-state index is -5.08. The molecule has 218 valence electrons. The molecule has 0 saturated heterocycles. The molecule has 1 unspecified atom stereocenters. The second kappa shape index (κ2) is 14.9. The second-order valence-corrected chi connectivity index (χ2v) is 8.30. The third-order valence-corrected chi connectivity index (χ3v) is 5.06. The predicted octanol–water partition coefficient (Wildman–Crippen LogP) is 3.79. The van der Waals surface area contributed by atoms with Gasteiger partial charge in [-0.1, -0.05) is 12.1 Å². The van der Waals surface area contributed by atoms with Crippen LogP contribution in [0.25, 0.3) is 0 Å². The van der Waals surface area contributed by atoms with Crippen LogP contribution in [0.3, 0.4) is 0 Å². The van der Waals surface area contributed by atoms with Crippen molar-refractivity contribution in [3.05, 3.63) is 78.1 Å². The molecule has 1 aliphatic rings. The molecule has 0 saturated carbocycles. The summed E-state index contributed by atoms with van der Waals surface area (Å²) in [4.78, 5) is 29.0. The third-order valence-electron chi connectivity index (χ3n) is 5.06. The zero-order valence-electron chi connectivity index (χ0n) is 20.7. The summed E-state index contributed by atoms with van der Waals surface area (Å²) in [6, 6.07) is 14.1. The maximum absolute atomic E-state index is 10.6. The van der Waals surface area contributed by atoms with Crippen molar-refractivity contribution in [2.45, 2.75) is 38.6 Å². The molecule has 1 aliphatic heterocycles. The van der Waals surface area contributed by atoms with E-state index in [0.29, 0.717) is 19.1 Å². The Hall–Kier alpha value is -4.05. The van der Waals surface area contributed by atoms with Crippen molar-refractivity contribution in [3.8, 4) is 0 Å². The molecule has 0 spiro atoms. The largest absolute Gasteiger partial charge is 0.490 e. The van der Waals surface area contributed by atoms with Crippen LogP contribution in [0.15, 0.2) is 61.1 Å². The first-order chi connectivity index (χ1) is 18.8. The Balaban J connectivity index is 0.000000333. The van der Waals surface area contributed by atoms with Crippen molar-refractivity contribution >= 4 is 11.9 Å². The van der Waals surface area contributed by atoms with Crippen molar-refractivity contribution in [1.82, 2.24) is 24.6 Å². The number of carbonyl (C=O) groups is 2. The quantitative estimate of drug-likeness (QED) is 0.420. The topological polar surface area (TPSA) is 131 Å². The Labute approximate surface area is 223 Å². The zero-order valence-corrected chi connectivity index (χ0v) is 20.7. The summed E-state index contributed by atoms with van der Waals surface area (Å²) in [7, 11) is 0. The fourth-order valence-corrected chi connectivity index (χ4v) is 3.38. The molecule has 10 nitrogen and oxygen atoms in total. The molecule has 0 amide bonds. The van der Waals surface area contributed by atoms with Crippen molar-refractivity contribution in [1.29, 1.82) is 0 Å². The van der Waals surface area contributed by atoms with E-state index in [1.165, 1.54) is 5.69 Å². The van der Waals surface area contributed by atoms with Gasteiger partial charge in [-0.05, 0) is 30.3 Å². The summed E-state index contributed by atoms with van der Waals surface area (Å²) >= 11 is 0. The molecular formula is C24H25F6N5O5. The molecule has 0 aliphatic carbocycles. The Morgan fingerprint density at radius 1 is 0.850 bits per heavy atom. The number of rotatable bonds is 6. The number of alkyl halides is 6. The van der Waals surface area contributed by atoms with E-state index in [2.05, 4.69) is 36.8 Å². The maximum atomic E-state index is 10.6. The van der Waals surface area contributed by atoms with Crippen LogP contribution < -0.4 is 0 Å². The number of aromatic nitrogens is 4. The fourth-order valence-electron chi connectivity index (χ4n) is 3.38. The van der Waals surface area contributed by atoms with Crippen LogP contribution in [0, 0.1) is 5.92 Å². The molecule has 4 rings (SSSR count). The van der Waals surface area contributed by atoms with Gasteiger partial charge in [0.15, 0.2) is 0 Å². The highest BCUT2D eigenvalue weighted by Crippen LogP contribution is 2.18. The van der Waals surface area contributed by atoms with Gasteiger partial charge < -0.3 is 14.9 Å². The van der Waals surface area contributed by atoms with Crippen molar-refractivity contribution < 1.29 is 50.9 Å². The van der Waals surface area contributed by atoms with E-state index in [1.807, 2.05) is 42.7 Å². The molecule has 0 radical (unpaired) electrons. The molecule has 40 heavy (non-hydrogen) atoms. The van der Waals surface area contributed by atoms with E-state index in [0.717, 1.165) is 37.6 Å². The van der Waals surface area contributed by atoms with Crippen LogP contribution in [-0.2, 0) is 40.6 Å². The molecule has 1 atom stereocenters. The van der Waals surface area contributed by atoms with Gasteiger partial charge in [0.1, 0.15) is 0 Å². The van der Waals surface area contributed by atoms with Gasteiger partial charge >= 0.3 is 24.3 Å².